The number of rotatable bonds is 5. The lowest BCUT2D eigenvalue weighted by Gasteiger charge is -2.36. The summed E-state index contributed by atoms with van der Waals surface area (Å²) >= 11 is 0. The molecule has 0 aliphatic carbocycles. The first-order valence-corrected chi connectivity index (χ1v) is 7.47. The quantitative estimate of drug-likeness (QED) is 0.911. The zero-order valence-corrected chi connectivity index (χ0v) is 12.7. The molecule has 0 radical (unpaired) electrons. The molecule has 0 spiro atoms. The number of methoxy groups -OCH3 is 1. The van der Waals surface area contributed by atoms with E-state index in [9.17, 15) is 5.11 Å². The average Bonchev–Trinajstić information content (AvgIpc) is 3.03. The molecule has 1 aliphatic heterocycles. The minimum Gasteiger partial charge on any atom is -0.480 e. The summed E-state index contributed by atoms with van der Waals surface area (Å²) in [5.41, 5.74) is 0.707. The topological polar surface area (TPSA) is 69.4 Å². The van der Waals surface area contributed by atoms with Crippen LogP contribution in [0.5, 0.6) is 5.88 Å². The van der Waals surface area contributed by atoms with Crippen LogP contribution in [0.3, 0.4) is 0 Å². The Bertz CT molecular complexity index is 621. The van der Waals surface area contributed by atoms with Crippen LogP contribution in [0, 0.1) is 5.41 Å². The van der Waals surface area contributed by atoms with E-state index in [1.807, 2.05) is 18.3 Å². The highest BCUT2D eigenvalue weighted by molar-refractivity contribution is 5.61. The highest BCUT2D eigenvalue weighted by Crippen LogP contribution is 2.34. The van der Waals surface area contributed by atoms with E-state index in [-0.39, 0.29) is 12.0 Å². The Labute approximate surface area is 129 Å². The van der Waals surface area contributed by atoms with Crippen LogP contribution in [0.15, 0.2) is 30.7 Å². The maximum Gasteiger partial charge on any atom is 0.224 e. The highest BCUT2D eigenvalue weighted by Gasteiger charge is 2.33. The molecule has 0 aromatic carbocycles. The van der Waals surface area contributed by atoms with Gasteiger partial charge < -0.3 is 19.1 Å². The monoisotopic (exact) mass is 303 g/mol. The van der Waals surface area contributed by atoms with Gasteiger partial charge in [-0.15, -0.1) is 0 Å². The molecule has 0 unspecified atom stereocenters. The number of hydrogen-bond acceptors (Lipinski definition) is 5. The van der Waals surface area contributed by atoms with Gasteiger partial charge in [-0.1, -0.05) is 0 Å². The van der Waals surface area contributed by atoms with Crippen LogP contribution in [0.1, 0.15) is 12.8 Å². The van der Waals surface area contributed by atoms with E-state index in [0.29, 0.717) is 25.6 Å². The van der Waals surface area contributed by atoms with Crippen LogP contribution in [-0.2, 0) is 11.3 Å². The van der Waals surface area contributed by atoms with E-state index < -0.39 is 0 Å². The van der Waals surface area contributed by atoms with Crippen LogP contribution in [-0.4, -0.2) is 46.6 Å². The summed E-state index contributed by atoms with van der Waals surface area (Å²) < 4.78 is 12.8. The molecule has 1 fully saturated rings. The molecule has 0 amide bonds. The number of imidazole rings is 1. The third-order valence-corrected chi connectivity index (χ3v) is 4.32. The second kappa shape index (κ2) is 6.46. The molecule has 6 nitrogen and oxygen atoms in total. The first kappa shape index (κ1) is 15.0. The SMILES string of the molecule is COc1ncccc1-c1nccn1CC1(CO)CCOCC1. The Kier molecular flexibility index (Phi) is 4.40. The molecule has 3 heterocycles. The Hall–Kier alpha value is -1.92. The predicted octanol–water partition coefficient (Wildman–Crippen LogP) is 1.74. The van der Waals surface area contributed by atoms with Crippen molar-refractivity contribution in [3.8, 4) is 17.3 Å². The average molecular weight is 303 g/mol. The van der Waals surface area contributed by atoms with Crippen LogP contribution in [0.25, 0.3) is 11.4 Å². The summed E-state index contributed by atoms with van der Waals surface area (Å²) in [6, 6.07) is 3.81. The van der Waals surface area contributed by atoms with Crippen molar-refractivity contribution in [3.05, 3.63) is 30.7 Å². The van der Waals surface area contributed by atoms with E-state index in [4.69, 9.17) is 9.47 Å². The minimum atomic E-state index is -0.150. The lowest BCUT2D eigenvalue weighted by molar-refractivity contribution is -0.0250. The Morgan fingerprint density at radius 3 is 2.86 bits per heavy atom. The van der Waals surface area contributed by atoms with Gasteiger partial charge >= 0.3 is 0 Å². The van der Waals surface area contributed by atoms with Crippen molar-refractivity contribution < 1.29 is 14.6 Å². The number of aromatic nitrogens is 3. The van der Waals surface area contributed by atoms with Crippen LogP contribution in [0.2, 0.25) is 0 Å². The normalized spacial score (nSPS) is 17.4. The number of nitrogens with zero attached hydrogens (tertiary/aromatic N) is 3. The second-order valence-corrected chi connectivity index (χ2v) is 5.71. The molecule has 2 aromatic heterocycles. The van der Waals surface area contributed by atoms with Gasteiger partial charge in [0.25, 0.3) is 0 Å². The van der Waals surface area contributed by atoms with Crippen molar-refractivity contribution in [1.29, 1.82) is 0 Å². The molecule has 22 heavy (non-hydrogen) atoms. The summed E-state index contributed by atoms with van der Waals surface area (Å²) in [5, 5.41) is 9.88. The van der Waals surface area contributed by atoms with Crippen molar-refractivity contribution >= 4 is 0 Å². The third kappa shape index (κ3) is 2.84. The Morgan fingerprint density at radius 2 is 2.14 bits per heavy atom. The summed E-state index contributed by atoms with van der Waals surface area (Å²) in [5.74, 6) is 1.37. The van der Waals surface area contributed by atoms with E-state index >= 15 is 0 Å². The van der Waals surface area contributed by atoms with Gasteiger partial charge in [0.05, 0.1) is 19.3 Å². The molecule has 6 heteroatoms. The van der Waals surface area contributed by atoms with Crippen LogP contribution in [0.4, 0.5) is 0 Å². The van der Waals surface area contributed by atoms with E-state index in [2.05, 4.69) is 14.5 Å². The molecule has 1 saturated heterocycles. The fourth-order valence-electron chi connectivity index (χ4n) is 2.94. The van der Waals surface area contributed by atoms with Crippen molar-refractivity contribution in [2.45, 2.75) is 19.4 Å². The first-order valence-electron chi connectivity index (χ1n) is 7.47. The lowest BCUT2D eigenvalue weighted by Crippen LogP contribution is -2.37. The van der Waals surface area contributed by atoms with Gasteiger partial charge in [0.1, 0.15) is 5.82 Å². The van der Waals surface area contributed by atoms with Crippen LogP contribution < -0.4 is 4.74 Å². The maximum absolute atomic E-state index is 9.88. The van der Waals surface area contributed by atoms with Gasteiger partial charge in [0.2, 0.25) is 5.88 Å². The molecule has 3 rings (SSSR count). The summed E-state index contributed by atoms with van der Waals surface area (Å²) in [4.78, 5) is 8.69. The largest absolute Gasteiger partial charge is 0.480 e. The van der Waals surface area contributed by atoms with Crippen molar-refractivity contribution in [3.63, 3.8) is 0 Å². The summed E-state index contributed by atoms with van der Waals surface area (Å²) in [6.45, 7) is 2.25. The molecule has 0 bridgehead atoms. The molecule has 0 atom stereocenters. The molecule has 1 N–H and O–H groups in total. The predicted molar refractivity (Wildman–Crippen MR) is 81.6 cm³/mol. The minimum absolute atomic E-state index is 0.150. The third-order valence-electron chi connectivity index (χ3n) is 4.32. The van der Waals surface area contributed by atoms with Gasteiger partial charge in [-0.3, -0.25) is 0 Å². The molecule has 1 aliphatic rings. The summed E-state index contributed by atoms with van der Waals surface area (Å²) in [7, 11) is 1.60. The van der Waals surface area contributed by atoms with Crippen molar-refractivity contribution in [1.82, 2.24) is 14.5 Å². The lowest BCUT2D eigenvalue weighted by atomic mass is 9.81. The molecule has 118 valence electrons. The molecule has 0 saturated carbocycles. The van der Waals surface area contributed by atoms with Crippen molar-refractivity contribution in [2.75, 3.05) is 26.9 Å². The van der Waals surface area contributed by atoms with E-state index in [1.165, 1.54) is 0 Å². The van der Waals surface area contributed by atoms with Gasteiger partial charge in [-0.25, -0.2) is 9.97 Å². The molecular formula is C16H21N3O3. The van der Waals surface area contributed by atoms with Gasteiger partial charge in [0.15, 0.2) is 0 Å². The number of pyridine rings is 1. The fraction of sp³-hybridized carbons (Fsp3) is 0.500. The standard InChI is InChI=1S/C16H21N3O3/c1-21-15-13(3-2-6-18-15)14-17-7-8-19(14)11-16(12-20)4-9-22-10-5-16/h2-3,6-8,20H,4-5,9-12H2,1H3. The van der Waals surface area contributed by atoms with Crippen molar-refractivity contribution in [2.24, 2.45) is 5.41 Å². The highest BCUT2D eigenvalue weighted by atomic mass is 16.5. The Morgan fingerprint density at radius 1 is 1.32 bits per heavy atom. The fourth-order valence-corrected chi connectivity index (χ4v) is 2.94. The Balaban J connectivity index is 1.92. The number of ether oxygens (including phenoxy) is 2. The van der Waals surface area contributed by atoms with E-state index in [1.54, 1.807) is 19.5 Å². The first-order chi connectivity index (χ1) is 10.8. The number of aliphatic hydroxyl groups is 1. The van der Waals surface area contributed by atoms with Gasteiger partial charge in [-0.2, -0.15) is 0 Å². The van der Waals surface area contributed by atoms with Gasteiger partial charge in [0, 0.05) is 43.8 Å². The zero-order chi connectivity index (χ0) is 15.4. The molecule has 2 aromatic rings. The number of aliphatic hydroxyl groups excluding tert-OH is 1. The van der Waals surface area contributed by atoms with Crippen LogP contribution >= 0.6 is 0 Å². The van der Waals surface area contributed by atoms with E-state index in [0.717, 1.165) is 24.2 Å². The summed E-state index contributed by atoms with van der Waals surface area (Å²) in [6.07, 6.45) is 7.11. The van der Waals surface area contributed by atoms with Gasteiger partial charge in [-0.05, 0) is 25.0 Å². The zero-order valence-electron chi connectivity index (χ0n) is 12.7. The second-order valence-electron chi connectivity index (χ2n) is 5.71. The molecular weight excluding hydrogens is 282 g/mol. The number of hydrogen-bond donors (Lipinski definition) is 1. The smallest absolute Gasteiger partial charge is 0.224 e. The maximum atomic E-state index is 9.88.